The highest BCUT2D eigenvalue weighted by atomic mass is 35.5. The Morgan fingerprint density at radius 3 is 2.88 bits per heavy atom. The van der Waals surface area contributed by atoms with Crippen LogP contribution < -0.4 is 10.7 Å². The highest BCUT2D eigenvalue weighted by Gasteiger charge is 2.17. The minimum Gasteiger partial charge on any atom is -0.425 e. The second kappa shape index (κ2) is 6.10. The minimum atomic E-state index is -0.437. The fourth-order valence-electron chi connectivity index (χ4n) is 2.54. The van der Waals surface area contributed by atoms with E-state index in [0.29, 0.717) is 29.1 Å². The first kappa shape index (κ1) is 15.5. The van der Waals surface area contributed by atoms with Gasteiger partial charge in [0.2, 0.25) is 5.43 Å². The third-order valence-corrected chi connectivity index (χ3v) is 3.92. The summed E-state index contributed by atoms with van der Waals surface area (Å²) >= 11 is 5.78. The van der Waals surface area contributed by atoms with E-state index >= 15 is 0 Å². The summed E-state index contributed by atoms with van der Waals surface area (Å²) in [6.07, 6.45) is 3.17. The smallest absolute Gasteiger partial charge is 0.302 e. The van der Waals surface area contributed by atoms with Crippen LogP contribution in [0.5, 0.6) is 0 Å². The number of carbonyl (C=O) groups excluding carboxylic acids is 1. The number of halogens is 1. The van der Waals surface area contributed by atoms with E-state index in [1.165, 1.54) is 12.3 Å². The van der Waals surface area contributed by atoms with Crippen molar-refractivity contribution < 1.29 is 13.6 Å². The number of fused-ring (bicyclic) bond motifs is 2. The largest absolute Gasteiger partial charge is 0.425 e. The molecule has 0 bridgehead atoms. The molecule has 0 aliphatic rings. The predicted octanol–water partition coefficient (Wildman–Crippen LogP) is 2.82. The van der Waals surface area contributed by atoms with Gasteiger partial charge in [0.25, 0.3) is 5.91 Å². The highest BCUT2D eigenvalue weighted by molar-refractivity contribution is 6.30. The van der Waals surface area contributed by atoms with Gasteiger partial charge in [-0.2, -0.15) is 5.10 Å². The number of carbonyl (C=O) groups is 1. The van der Waals surface area contributed by atoms with Crippen molar-refractivity contribution >= 4 is 39.6 Å². The standard InChI is InChI=1S/C17H12ClN3O4/c18-10-8-20-21(9-10)6-5-19-16(23)14-7-12-15(22)11-3-1-2-4-13(11)24-17(12)25-14/h1-4,7-9H,5-6H2,(H,19,23). The Morgan fingerprint density at radius 2 is 2.08 bits per heavy atom. The van der Waals surface area contributed by atoms with E-state index in [0.717, 1.165) is 0 Å². The van der Waals surface area contributed by atoms with Gasteiger partial charge in [0.05, 0.1) is 23.2 Å². The maximum absolute atomic E-state index is 12.4. The van der Waals surface area contributed by atoms with E-state index in [4.69, 9.17) is 20.4 Å². The third kappa shape index (κ3) is 2.89. The Labute approximate surface area is 145 Å². The van der Waals surface area contributed by atoms with Crippen molar-refractivity contribution in [2.75, 3.05) is 6.54 Å². The molecule has 3 heterocycles. The zero-order valence-electron chi connectivity index (χ0n) is 12.9. The number of hydrogen-bond acceptors (Lipinski definition) is 5. The zero-order chi connectivity index (χ0) is 17.4. The molecule has 0 radical (unpaired) electrons. The van der Waals surface area contributed by atoms with E-state index in [2.05, 4.69) is 10.4 Å². The van der Waals surface area contributed by atoms with Crippen LogP contribution in [-0.4, -0.2) is 22.2 Å². The average Bonchev–Trinajstić information content (AvgIpc) is 3.21. The molecule has 1 aromatic carbocycles. The summed E-state index contributed by atoms with van der Waals surface area (Å²) in [6, 6.07) is 8.25. The Hall–Kier alpha value is -3.06. The fourth-order valence-corrected chi connectivity index (χ4v) is 2.70. The van der Waals surface area contributed by atoms with E-state index in [-0.39, 0.29) is 22.4 Å². The molecular formula is C17H12ClN3O4. The molecule has 126 valence electrons. The number of para-hydroxylation sites is 1. The lowest BCUT2D eigenvalue weighted by atomic mass is 10.2. The lowest BCUT2D eigenvalue weighted by molar-refractivity contribution is 0.0924. The van der Waals surface area contributed by atoms with Crippen molar-refractivity contribution in [1.82, 2.24) is 15.1 Å². The topological polar surface area (TPSA) is 90.3 Å². The maximum Gasteiger partial charge on any atom is 0.302 e. The van der Waals surface area contributed by atoms with Crippen molar-refractivity contribution in [3.05, 3.63) is 63.7 Å². The van der Waals surface area contributed by atoms with Crippen LogP contribution in [0.15, 0.2) is 56.4 Å². The van der Waals surface area contributed by atoms with Crippen LogP contribution >= 0.6 is 11.6 Å². The van der Waals surface area contributed by atoms with Gasteiger partial charge in [0.1, 0.15) is 11.0 Å². The first-order valence-corrected chi connectivity index (χ1v) is 7.91. The number of benzene rings is 1. The number of nitrogens with one attached hydrogen (secondary N) is 1. The Balaban J connectivity index is 1.56. The number of aromatic nitrogens is 2. The average molecular weight is 358 g/mol. The summed E-state index contributed by atoms with van der Waals surface area (Å²) in [5.41, 5.74) is 0.183. The number of furan rings is 1. The molecular weight excluding hydrogens is 346 g/mol. The molecule has 0 atom stereocenters. The summed E-state index contributed by atoms with van der Waals surface area (Å²) in [5, 5.41) is 7.92. The van der Waals surface area contributed by atoms with Gasteiger partial charge in [-0.3, -0.25) is 14.3 Å². The van der Waals surface area contributed by atoms with E-state index in [1.807, 2.05) is 0 Å². The number of hydrogen-bond donors (Lipinski definition) is 1. The van der Waals surface area contributed by atoms with Crippen LogP contribution in [0.4, 0.5) is 0 Å². The number of amides is 1. The van der Waals surface area contributed by atoms with Crippen molar-refractivity contribution in [2.24, 2.45) is 0 Å². The molecule has 1 N–H and O–H groups in total. The van der Waals surface area contributed by atoms with Crippen molar-refractivity contribution in [1.29, 1.82) is 0 Å². The van der Waals surface area contributed by atoms with E-state index in [1.54, 1.807) is 35.1 Å². The lowest BCUT2D eigenvalue weighted by Crippen LogP contribution is -2.27. The Morgan fingerprint density at radius 1 is 1.24 bits per heavy atom. The van der Waals surface area contributed by atoms with Crippen molar-refractivity contribution in [3.8, 4) is 0 Å². The molecule has 0 fully saturated rings. The summed E-state index contributed by atoms with van der Waals surface area (Å²) in [4.78, 5) is 24.7. The molecule has 3 aromatic heterocycles. The van der Waals surface area contributed by atoms with E-state index < -0.39 is 5.91 Å². The molecule has 1 amide bonds. The summed E-state index contributed by atoms with van der Waals surface area (Å²) in [6.45, 7) is 0.789. The highest BCUT2D eigenvalue weighted by Crippen LogP contribution is 2.21. The lowest BCUT2D eigenvalue weighted by Gasteiger charge is -2.02. The van der Waals surface area contributed by atoms with Gasteiger partial charge in [0, 0.05) is 18.8 Å². The van der Waals surface area contributed by atoms with Gasteiger partial charge < -0.3 is 14.2 Å². The third-order valence-electron chi connectivity index (χ3n) is 3.73. The van der Waals surface area contributed by atoms with Gasteiger partial charge in [-0.05, 0) is 12.1 Å². The monoisotopic (exact) mass is 357 g/mol. The van der Waals surface area contributed by atoms with Gasteiger partial charge >= 0.3 is 5.78 Å². The van der Waals surface area contributed by atoms with Gasteiger partial charge in [-0.25, -0.2) is 0 Å². The summed E-state index contributed by atoms with van der Waals surface area (Å²) in [7, 11) is 0. The molecule has 4 rings (SSSR count). The predicted molar refractivity (Wildman–Crippen MR) is 91.8 cm³/mol. The SMILES string of the molecule is O=C(NCCn1cc(Cl)cn1)c1cc2c(=O)c3ccccc3oc2o1. The molecule has 0 unspecified atom stereocenters. The van der Waals surface area contributed by atoms with Gasteiger partial charge in [-0.1, -0.05) is 23.7 Å². The van der Waals surface area contributed by atoms with Gasteiger partial charge in [0.15, 0.2) is 5.76 Å². The molecule has 7 nitrogen and oxygen atoms in total. The summed E-state index contributed by atoms with van der Waals surface area (Å²) < 4.78 is 12.6. The zero-order valence-corrected chi connectivity index (χ0v) is 13.6. The van der Waals surface area contributed by atoms with Crippen LogP contribution in [0.25, 0.3) is 22.1 Å². The molecule has 8 heteroatoms. The van der Waals surface area contributed by atoms with Gasteiger partial charge in [-0.15, -0.1) is 0 Å². The molecule has 0 saturated heterocycles. The first-order valence-electron chi connectivity index (χ1n) is 7.53. The van der Waals surface area contributed by atoms with Crippen LogP contribution in [0.1, 0.15) is 10.6 Å². The minimum absolute atomic E-state index is 0.0182. The normalized spacial score (nSPS) is 11.2. The molecule has 0 aliphatic carbocycles. The fraction of sp³-hybridized carbons (Fsp3) is 0.118. The Bertz CT molecular complexity index is 1140. The molecule has 0 aliphatic heterocycles. The van der Waals surface area contributed by atoms with Crippen LogP contribution in [0, 0.1) is 0 Å². The van der Waals surface area contributed by atoms with Crippen LogP contribution in [0.3, 0.4) is 0 Å². The van der Waals surface area contributed by atoms with E-state index in [9.17, 15) is 9.59 Å². The quantitative estimate of drug-likeness (QED) is 0.606. The molecule has 4 aromatic rings. The Kier molecular flexibility index (Phi) is 3.77. The second-order valence-electron chi connectivity index (χ2n) is 5.42. The number of rotatable bonds is 4. The van der Waals surface area contributed by atoms with Crippen LogP contribution in [0.2, 0.25) is 5.02 Å². The van der Waals surface area contributed by atoms with Crippen molar-refractivity contribution in [2.45, 2.75) is 6.54 Å². The molecule has 0 spiro atoms. The van der Waals surface area contributed by atoms with Crippen molar-refractivity contribution in [3.63, 3.8) is 0 Å². The van der Waals surface area contributed by atoms with Crippen LogP contribution in [-0.2, 0) is 6.54 Å². The molecule has 25 heavy (non-hydrogen) atoms. The molecule has 0 saturated carbocycles. The second-order valence-corrected chi connectivity index (χ2v) is 5.85. The summed E-state index contributed by atoms with van der Waals surface area (Å²) in [5.74, 6) is -0.384. The maximum atomic E-state index is 12.4. The number of nitrogens with zero attached hydrogens (tertiary/aromatic N) is 2. The first-order chi connectivity index (χ1) is 12.1.